The van der Waals surface area contributed by atoms with E-state index in [1.54, 1.807) is 7.11 Å². The molecule has 1 amide bonds. The first kappa shape index (κ1) is 16.4. The van der Waals surface area contributed by atoms with Crippen molar-refractivity contribution in [1.82, 2.24) is 10.2 Å². The van der Waals surface area contributed by atoms with Crippen LogP contribution in [-0.2, 0) is 9.53 Å². The first-order valence-corrected chi connectivity index (χ1v) is 7.18. The van der Waals surface area contributed by atoms with Gasteiger partial charge in [-0.1, -0.05) is 6.92 Å². The number of nitrogens with zero attached hydrogens (tertiary/aromatic N) is 1. The number of hydrogen-bond donors (Lipinski definition) is 2. The van der Waals surface area contributed by atoms with Gasteiger partial charge >= 0.3 is 0 Å². The highest BCUT2D eigenvalue weighted by Gasteiger charge is 2.34. The molecule has 1 fully saturated rings. The maximum atomic E-state index is 11.6. The summed E-state index contributed by atoms with van der Waals surface area (Å²) < 4.78 is 5.59. The second kappa shape index (κ2) is 6.68. The van der Waals surface area contributed by atoms with E-state index in [9.17, 15) is 4.79 Å². The average Bonchev–Trinajstić information content (AvgIpc) is 2.37. The third kappa shape index (κ3) is 4.44. The predicted octanol–water partition coefficient (Wildman–Crippen LogP) is 0.731. The van der Waals surface area contributed by atoms with Gasteiger partial charge in [-0.3, -0.25) is 4.79 Å². The molecule has 112 valence electrons. The Balaban J connectivity index is 2.53. The molecule has 1 heterocycles. The van der Waals surface area contributed by atoms with Gasteiger partial charge < -0.3 is 20.7 Å². The molecule has 5 heteroatoms. The normalized spacial score (nSPS) is 28.0. The van der Waals surface area contributed by atoms with Gasteiger partial charge in [-0.2, -0.15) is 0 Å². The molecule has 0 radical (unpaired) electrons. The van der Waals surface area contributed by atoms with E-state index < -0.39 is 5.54 Å². The fourth-order valence-electron chi connectivity index (χ4n) is 2.74. The third-order valence-corrected chi connectivity index (χ3v) is 4.27. The van der Waals surface area contributed by atoms with Crippen LogP contribution in [-0.4, -0.2) is 55.2 Å². The van der Waals surface area contributed by atoms with E-state index in [-0.39, 0.29) is 11.5 Å². The Hall–Kier alpha value is -0.650. The summed E-state index contributed by atoms with van der Waals surface area (Å²) in [6.07, 6.45) is 2.97. The molecule has 0 aromatic rings. The summed E-state index contributed by atoms with van der Waals surface area (Å²) >= 11 is 0. The first-order valence-electron chi connectivity index (χ1n) is 7.18. The van der Waals surface area contributed by atoms with Crippen LogP contribution < -0.4 is 11.1 Å². The quantitative estimate of drug-likeness (QED) is 0.716. The maximum absolute atomic E-state index is 11.6. The number of likely N-dealkylation sites (N-methyl/N-ethyl adjacent to an activating group) is 1. The second-order valence-electron chi connectivity index (χ2n) is 6.01. The minimum absolute atomic E-state index is 0.0560. The molecule has 1 rings (SSSR count). The fourth-order valence-corrected chi connectivity index (χ4v) is 2.74. The van der Waals surface area contributed by atoms with Crippen molar-refractivity contribution in [2.75, 3.05) is 33.3 Å². The summed E-state index contributed by atoms with van der Waals surface area (Å²) in [5.74, 6) is -0.277. The van der Waals surface area contributed by atoms with E-state index in [1.807, 2.05) is 13.8 Å². The van der Waals surface area contributed by atoms with Crippen molar-refractivity contribution in [2.24, 2.45) is 5.73 Å². The maximum Gasteiger partial charge on any atom is 0.237 e. The van der Waals surface area contributed by atoms with Gasteiger partial charge in [-0.05, 0) is 46.2 Å². The minimum Gasteiger partial charge on any atom is -0.377 e. The van der Waals surface area contributed by atoms with E-state index in [0.29, 0.717) is 0 Å². The topological polar surface area (TPSA) is 67.6 Å². The summed E-state index contributed by atoms with van der Waals surface area (Å²) in [5.41, 5.74) is 4.84. The SMILES string of the molecule is CCNC(C)(CCN1CCCC(C)(OC)C1)C(N)=O. The van der Waals surface area contributed by atoms with Crippen LogP contribution in [0.25, 0.3) is 0 Å². The molecule has 0 aromatic carbocycles. The molecule has 1 aliphatic rings. The van der Waals surface area contributed by atoms with Gasteiger partial charge in [0.25, 0.3) is 0 Å². The number of primary amides is 1. The third-order valence-electron chi connectivity index (χ3n) is 4.27. The number of rotatable bonds is 7. The van der Waals surface area contributed by atoms with Crippen molar-refractivity contribution in [3.05, 3.63) is 0 Å². The zero-order chi connectivity index (χ0) is 14.5. The molecule has 0 saturated carbocycles. The molecular formula is C14H29N3O2. The molecule has 0 bridgehead atoms. The summed E-state index contributed by atoms with van der Waals surface area (Å²) in [7, 11) is 1.77. The summed E-state index contributed by atoms with van der Waals surface area (Å²) in [4.78, 5) is 14.0. The van der Waals surface area contributed by atoms with E-state index in [2.05, 4.69) is 17.1 Å². The van der Waals surface area contributed by atoms with Gasteiger partial charge in [0.1, 0.15) is 0 Å². The van der Waals surface area contributed by atoms with Crippen LogP contribution in [0.2, 0.25) is 0 Å². The van der Waals surface area contributed by atoms with Crippen molar-refractivity contribution in [1.29, 1.82) is 0 Å². The largest absolute Gasteiger partial charge is 0.377 e. The van der Waals surface area contributed by atoms with Crippen molar-refractivity contribution >= 4 is 5.91 Å². The van der Waals surface area contributed by atoms with E-state index in [4.69, 9.17) is 10.5 Å². The van der Waals surface area contributed by atoms with Crippen LogP contribution in [0.5, 0.6) is 0 Å². The van der Waals surface area contributed by atoms with Gasteiger partial charge in [0.05, 0.1) is 11.1 Å². The summed E-state index contributed by atoms with van der Waals surface area (Å²) in [6.45, 7) is 9.63. The smallest absolute Gasteiger partial charge is 0.237 e. The van der Waals surface area contributed by atoms with E-state index >= 15 is 0 Å². The van der Waals surface area contributed by atoms with Crippen LogP contribution in [0, 0.1) is 0 Å². The Labute approximate surface area is 116 Å². The number of amides is 1. The van der Waals surface area contributed by atoms with E-state index in [1.165, 1.54) is 0 Å². The van der Waals surface area contributed by atoms with Gasteiger partial charge in [-0.25, -0.2) is 0 Å². The molecule has 5 nitrogen and oxygen atoms in total. The number of ether oxygens (including phenoxy) is 1. The van der Waals surface area contributed by atoms with Crippen LogP contribution in [0.1, 0.15) is 40.0 Å². The number of carbonyl (C=O) groups excluding carboxylic acids is 1. The number of nitrogens with one attached hydrogen (secondary N) is 1. The zero-order valence-corrected chi connectivity index (χ0v) is 12.8. The Morgan fingerprint density at radius 2 is 2.26 bits per heavy atom. The highest BCUT2D eigenvalue weighted by atomic mass is 16.5. The van der Waals surface area contributed by atoms with Gasteiger partial charge in [0.15, 0.2) is 0 Å². The van der Waals surface area contributed by atoms with Gasteiger partial charge in [0, 0.05) is 20.2 Å². The Morgan fingerprint density at radius 3 is 2.79 bits per heavy atom. The standard InChI is InChI=1S/C14H29N3O2/c1-5-16-14(3,12(15)18)8-10-17-9-6-7-13(2,11-17)19-4/h16H,5-11H2,1-4H3,(H2,15,18). The van der Waals surface area contributed by atoms with Crippen LogP contribution in [0.15, 0.2) is 0 Å². The highest BCUT2D eigenvalue weighted by molar-refractivity contribution is 5.84. The van der Waals surface area contributed by atoms with Crippen molar-refractivity contribution in [2.45, 2.75) is 51.2 Å². The van der Waals surface area contributed by atoms with Gasteiger partial charge in [-0.15, -0.1) is 0 Å². The number of carbonyl (C=O) groups is 1. The van der Waals surface area contributed by atoms with Crippen molar-refractivity contribution < 1.29 is 9.53 Å². The summed E-state index contributed by atoms with van der Waals surface area (Å²) in [5, 5.41) is 3.20. The van der Waals surface area contributed by atoms with Crippen molar-refractivity contribution in [3.8, 4) is 0 Å². The molecule has 2 unspecified atom stereocenters. The number of methoxy groups -OCH3 is 1. The molecule has 1 saturated heterocycles. The molecule has 0 aromatic heterocycles. The number of hydrogen-bond acceptors (Lipinski definition) is 4. The summed E-state index contributed by atoms with van der Waals surface area (Å²) in [6, 6.07) is 0. The zero-order valence-electron chi connectivity index (χ0n) is 12.8. The first-order chi connectivity index (χ1) is 8.85. The molecule has 2 atom stereocenters. The molecule has 1 aliphatic heterocycles. The Bertz CT molecular complexity index is 311. The highest BCUT2D eigenvalue weighted by Crippen LogP contribution is 2.24. The lowest BCUT2D eigenvalue weighted by Gasteiger charge is -2.40. The Morgan fingerprint density at radius 1 is 1.58 bits per heavy atom. The molecule has 3 N–H and O–H groups in total. The molecule has 0 aliphatic carbocycles. The van der Waals surface area contributed by atoms with Gasteiger partial charge in [0.2, 0.25) is 5.91 Å². The second-order valence-corrected chi connectivity index (χ2v) is 6.01. The average molecular weight is 271 g/mol. The van der Waals surface area contributed by atoms with Crippen LogP contribution >= 0.6 is 0 Å². The number of piperidine rings is 1. The van der Waals surface area contributed by atoms with Crippen LogP contribution in [0.4, 0.5) is 0 Å². The van der Waals surface area contributed by atoms with Crippen LogP contribution in [0.3, 0.4) is 0 Å². The lowest BCUT2D eigenvalue weighted by molar-refractivity contribution is -0.124. The monoisotopic (exact) mass is 271 g/mol. The molecular weight excluding hydrogens is 242 g/mol. The Kier molecular flexibility index (Phi) is 5.77. The minimum atomic E-state index is -0.615. The molecule has 0 spiro atoms. The van der Waals surface area contributed by atoms with Crippen molar-refractivity contribution in [3.63, 3.8) is 0 Å². The number of nitrogens with two attached hydrogens (primary N) is 1. The fraction of sp³-hybridized carbons (Fsp3) is 0.929. The lowest BCUT2D eigenvalue weighted by atomic mass is 9.92. The number of likely N-dealkylation sites (tertiary alicyclic amines) is 1. The predicted molar refractivity (Wildman–Crippen MR) is 77.0 cm³/mol. The molecule has 19 heavy (non-hydrogen) atoms. The lowest BCUT2D eigenvalue weighted by Crippen LogP contribution is -2.56. The van der Waals surface area contributed by atoms with E-state index in [0.717, 1.165) is 45.4 Å².